The first-order valence-corrected chi connectivity index (χ1v) is 9.96. The monoisotopic (exact) mass is 359 g/mol. The van der Waals surface area contributed by atoms with Crippen LogP contribution >= 0.6 is 0 Å². The molecule has 1 amide bonds. The molecule has 0 unspecified atom stereocenters. The largest absolute Gasteiger partial charge is 0.456 e. The highest BCUT2D eigenvalue weighted by Crippen LogP contribution is 2.32. The van der Waals surface area contributed by atoms with Crippen molar-refractivity contribution in [2.75, 3.05) is 11.9 Å². The minimum Gasteiger partial charge on any atom is -0.456 e. The van der Waals surface area contributed by atoms with E-state index in [0.29, 0.717) is 24.2 Å². The third kappa shape index (κ3) is 5.86. The number of hydrogen-bond donors (Lipinski definition) is 1. The molecule has 0 atom stereocenters. The highest BCUT2D eigenvalue weighted by molar-refractivity contribution is 5.94. The molecular formula is C22H33NO3. The fourth-order valence-electron chi connectivity index (χ4n) is 3.71. The molecule has 0 heterocycles. The van der Waals surface area contributed by atoms with Crippen LogP contribution in [-0.2, 0) is 14.3 Å². The Balaban J connectivity index is 1.89. The summed E-state index contributed by atoms with van der Waals surface area (Å²) in [5, 5.41) is 2.98. The van der Waals surface area contributed by atoms with Gasteiger partial charge in [0, 0.05) is 12.1 Å². The maximum Gasteiger partial charge on any atom is 0.306 e. The number of esters is 1. The first-order valence-electron chi connectivity index (χ1n) is 9.96. The predicted molar refractivity (Wildman–Crippen MR) is 105 cm³/mol. The van der Waals surface area contributed by atoms with Gasteiger partial charge in [0.15, 0.2) is 6.61 Å². The topological polar surface area (TPSA) is 55.4 Å². The minimum atomic E-state index is -0.270. The van der Waals surface area contributed by atoms with E-state index >= 15 is 0 Å². The number of hydrogen-bond acceptors (Lipinski definition) is 3. The van der Waals surface area contributed by atoms with E-state index < -0.39 is 0 Å². The SMILES string of the molecule is CC(C)c1cccc(C(C)C)c1NC(=O)COC(=O)CCC1CCCC1. The molecule has 1 aromatic rings. The molecule has 0 spiro atoms. The van der Waals surface area contributed by atoms with Crippen LogP contribution in [0.2, 0.25) is 0 Å². The molecule has 1 N–H and O–H groups in total. The van der Waals surface area contributed by atoms with Crippen LogP contribution < -0.4 is 5.32 Å². The van der Waals surface area contributed by atoms with Crippen LogP contribution in [0.15, 0.2) is 18.2 Å². The summed E-state index contributed by atoms with van der Waals surface area (Å²) in [7, 11) is 0. The molecule has 1 aliphatic carbocycles. The molecule has 1 aromatic carbocycles. The molecule has 1 aliphatic rings. The first kappa shape index (κ1) is 20.5. The Hall–Kier alpha value is -1.84. The van der Waals surface area contributed by atoms with Crippen molar-refractivity contribution in [3.8, 4) is 0 Å². The molecule has 144 valence electrons. The molecule has 0 bridgehead atoms. The Morgan fingerprint density at radius 3 is 2.19 bits per heavy atom. The van der Waals surface area contributed by atoms with Gasteiger partial charge in [-0.15, -0.1) is 0 Å². The quantitative estimate of drug-likeness (QED) is 0.634. The first-order chi connectivity index (χ1) is 12.4. The average Bonchev–Trinajstić information content (AvgIpc) is 3.11. The van der Waals surface area contributed by atoms with Crippen LogP contribution in [0, 0.1) is 5.92 Å². The van der Waals surface area contributed by atoms with Crippen molar-refractivity contribution in [3.05, 3.63) is 29.3 Å². The summed E-state index contributed by atoms with van der Waals surface area (Å²) in [6.45, 7) is 8.22. The number of rotatable bonds is 8. The number of benzene rings is 1. The van der Waals surface area contributed by atoms with Gasteiger partial charge in [-0.3, -0.25) is 9.59 Å². The van der Waals surface area contributed by atoms with Gasteiger partial charge in [-0.2, -0.15) is 0 Å². The predicted octanol–water partition coefficient (Wildman–Crippen LogP) is 5.39. The van der Waals surface area contributed by atoms with Crippen molar-refractivity contribution < 1.29 is 14.3 Å². The maximum absolute atomic E-state index is 12.3. The van der Waals surface area contributed by atoms with Crippen LogP contribution in [-0.4, -0.2) is 18.5 Å². The van der Waals surface area contributed by atoms with E-state index in [9.17, 15) is 9.59 Å². The summed E-state index contributed by atoms with van der Waals surface area (Å²) in [5.74, 6) is 0.723. The molecule has 0 aliphatic heterocycles. The average molecular weight is 360 g/mol. The second kappa shape index (κ2) is 9.75. The van der Waals surface area contributed by atoms with E-state index in [1.54, 1.807) is 0 Å². The summed E-state index contributed by atoms with van der Waals surface area (Å²) in [6, 6.07) is 6.11. The molecule has 1 fully saturated rings. The van der Waals surface area contributed by atoms with Crippen molar-refractivity contribution in [3.63, 3.8) is 0 Å². The molecule has 2 rings (SSSR count). The summed E-state index contributed by atoms with van der Waals surface area (Å²) < 4.78 is 5.19. The van der Waals surface area contributed by atoms with Crippen molar-refractivity contribution in [1.29, 1.82) is 0 Å². The van der Waals surface area contributed by atoms with Gasteiger partial charge in [0.1, 0.15) is 0 Å². The lowest BCUT2D eigenvalue weighted by Gasteiger charge is -2.20. The van der Waals surface area contributed by atoms with Crippen molar-refractivity contribution in [2.24, 2.45) is 5.92 Å². The standard InChI is InChI=1S/C22H33NO3/c1-15(2)18-10-7-11-19(16(3)4)22(18)23-20(24)14-26-21(25)13-12-17-8-5-6-9-17/h7,10-11,15-17H,5-6,8-9,12-14H2,1-4H3,(H,23,24). The molecule has 0 radical (unpaired) electrons. The van der Waals surface area contributed by atoms with E-state index in [-0.39, 0.29) is 18.5 Å². The highest BCUT2D eigenvalue weighted by atomic mass is 16.5. The molecular weight excluding hydrogens is 326 g/mol. The maximum atomic E-state index is 12.3. The van der Waals surface area contributed by atoms with Crippen molar-refractivity contribution >= 4 is 17.6 Å². The zero-order valence-electron chi connectivity index (χ0n) is 16.6. The zero-order valence-corrected chi connectivity index (χ0v) is 16.6. The summed E-state index contributed by atoms with van der Waals surface area (Å²) in [5.41, 5.74) is 3.08. The third-order valence-corrected chi connectivity index (χ3v) is 5.23. The molecule has 1 saturated carbocycles. The van der Waals surface area contributed by atoms with Gasteiger partial charge in [-0.05, 0) is 35.3 Å². The van der Waals surface area contributed by atoms with Gasteiger partial charge < -0.3 is 10.1 Å². The van der Waals surface area contributed by atoms with E-state index in [4.69, 9.17) is 4.74 Å². The number of para-hydroxylation sites is 1. The molecule has 0 saturated heterocycles. The van der Waals surface area contributed by atoms with E-state index in [1.165, 1.54) is 25.7 Å². The molecule has 4 nitrogen and oxygen atoms in total. The van der Waals surface area contributed by atoms with Crippen LogP contribution in [0.25, 0.3) is 0 Å². The smallest absolute Gasteiger partial charge is 0.306 e. The summed E-state index contributed by atoms with van der Waals surface area (Å²) in [6.07, 6.45) is 6.28. The Kier molecular flexibility index (Phi) is 7.67. The summed E-state index contributed by atoms with van der Waals surface area (Å²) >= 11 is 0. The van der Waals surface area contributed by atoms with Crippen LogP contribution in [0.1, 0.15) is 89.2 Å². The van der Waals surface area contributed by atoms with Gasteiger partial charge >= 0.3 is 5.97 Å². The molecule has 0 aromatic heterocycles. The zero-order chi connectivity index (χ0) is 19.1. The Bertz CT molecular complexity index is 590. The fourth-order valence-corrected chi connectivity index (χ4v) is 3.71. The van der Waals surface area contributed by atoms with Gasteiger partial charge in [-0.1, -0.05) is 71.6 Å². The number of anilines is 1. The number of amides is 1. The van der Waals surface area contributed by atoms with Crippen LogP contribution in [0.3, 0.4) is 0 Å². The summed E-state index contributed by atoms with van der Waals surface area (Å²) in [4.78, 5) is 24.2. The van der Waals surface area contributed by atoms with Gasteiger partial charge in [-0.25, -0.2) is 0 Å². The Morgan fingerprint density at radius 2 is 1.65 bits per heavy atom. The lowest BCUT2D eigenvalue weighted by atomic mass is 9.92. The highest BCUT2D eigenvalue weighted by Gasteiger charge is 2.19. The lowest BCUT2D eigenvalue weighted by Crippen LogP contribution is -2.22. The fraction of sp³-hybridized carbons (Fsp3) is 0.636. The third-order valence-electron chi connectivity index (χ3n) is 5.23. The number of carbonyl (C=O) groups excluding carboxylic acids is 2. The van der Waals surface area contributed by atoms with Gasteiger partial charge in [0.05, 0.1) is 0 Å². The van der Waals surface area contributed by atoms with Gasteiger partial charge in [0.2, 0.25) is 0 Å². The molecule has 26 heavy (non-hydrogen) atoms. The van der Waals surface area contributed by atoms with Crippen LogP contribution in [0.5, 0.6) is 0 Å². The minimum absolute atomic E-state index is 0.215. The van der Waals surface area contributed by atoms with E-state index in [2.05, 4.69) is 33.0 Å². The number of carbonyl (C=O) groups is 2. The van der Waals surface area contributed by atoms with Crippen LogP contribution in [0.4, 0.5) is 5.69 Å². The number of nitrogens with one attached hydrogen (secondary N) is 1. The number of ether oxygens (including phenoxy) is 1. The van der Waals surface area contributed by atoms with Gasteiger partial charge in [0.25, 0.3) is 5.91 Å². The van der Waals surface area contributed by atoms with E-state index in [0.717, 1.165) is 23.2 Å². The van der Waals surface area contributed by atoms with E-state index in [1.807, 2.05) is 18.2 Å². The normalized spacial score (nSPS) is 14.8. The van der Waals surface area contributed by atoms with Crippen molar-refractivity contribution in [1.82, 2.24) is 0 Å². The van der Waals surface area contributed by atoms with Crippen molar-refractivity contribution in [2.45, 2.75) is 78.1 Å². The second-order valence-corrected chi connectivity index (χ2v) is 8.02. The lowest BCUT2D eigenvalue weighted by molar-refractivity contribution is -0.147. The second-order valence-electron chi connectivity index (χ2n) is 8.02. The molecule has 4 heteroatoms. The Morgan fingerprint density at radius 1 is 1.08 bits per heavy atom. The Labute approximate surface area is 157 Å².